The van der Waals surface area contributed by atoms with Crippen LogP contribution < -0.4 is 0 Å². The summed E-state index contributed by atoms with van der Waals surface area (Å²) in [7, 11) is 0. The average molecular weight is 295 g/mol. The van der Waals surface area contributed by atoms with Crippen LogP contribution in [0.4, 0.5) is 0 Å². The minimum atomic E-state index is 0.308. The van der Waals surface area contributed by atoms with Crippen molar-refractivity contribution in [3.05, 3.63) is 34.4 Å². The van der Waals surface area contributed by atoms with Crippen LogP contribution in [-0.2, 0) is 12.8 Å². The molecule has 2 heterocycles. The predicted octanol–water partition coefficient (Wildman–Crippen LogP) is 3.59. The number of hydrogen-bond acceptors (Lipinski definition) is 4. The third-order valence-electron chi connectivity index (χ3n) is 3.32. The van der Waals surface area contributed by atoms with Gasteiger partial charge in [-0.3, -0.25) is 10.1 Å². The van der Waals surface area contributed by atoms with Gasteiger partial charge in [0.1, 0.15) is 5.82 Å². The molecule has 1 aliphatic carbocycles. The van der Waals surface area contributed by atoms with Crippen molar-refractivity contribution in [1.82, 2.24) is 20.2 Å². The van der Waals surface area contributed by atoms with E-state index >= 15 is 0 Å². The highest BCUT2D eigenvalue weighted by Gasteiger charge is 2.25. The Morgan fingerprint density at radius 1 is 1.53 bits per heavy atom. The van der Waals surface area contributed by atoms with Crippen molar-refractivity contribution in [3.63, 3.8) is 0 Å². The molecule has 0 fully saturated rings. The molecule has 19 heavy (non-hydrogen) atoms. The number of fused-ring (bicyclic) bond motifs is 1. The van der Waals surface area contributed by atoms with Gasteiger partial charge < -0.3 is 0 Å². The van der Waals surface area contributed by atoms with Crippen molar-refractivity contribution < 1.29 is 0 Å². The number of nitrogens with one attached hydrogen (secondary N) is 1. The van der Waals surface area contributed by atoms with Crippen LogP contribution in [0, 0.1) is 0 Å². The molecule has 0 spiro atoms. The Kier molecular flexibility index (Phi) is 3.75. The molecular formula is C13H15ClN4S. The lowest BCUT2D eigenvalue weighted by atomic mass is 9.96. The third kappa shape index (κ3) is 2.62. The van der Waals surface area contributed by atoms with Gasteiger partial charge in [0.25, 0.3) is 0 Å². The Morgan fingerprint density at radius 3 is 3.21 bits per heavy atom. The fourth-order valence-corrected chi connectivity index (χ4v) is 3.70. The Labute approximate surface area is 121 Å². The molecule has 1 aliphatic rings. The number of aromatic nitrogens is 4. The number of pyridine rings is 1. The first-order valence-corrected chi connectivity index (χ1v) is 7.75. The summed E-state index contributed by atoms with van der Waals surface area (Å²) in [6.45, 7) is 2.06. The summed E-state index contributed by atoms with van der Waals surface area (Å²) in [5.74, 6) is 0.928. The Bertz CT molecular complexity index is 584. The van der Waals surface area contributed by atoms with Gasteiger partial charge >= 0.3 is 0 Å². The second-order valence-corrected chi connectivity index (χ2v) is 6.15. The van der Waals surface area contributed by atoms with E-state index in [1.165, 1.54) is 5.56 Å². The number of H-pyrrole nitrogens is 1. The first kappa shape index (κ1) is 12.9. The zero-order chi connectivity index (χ0) is 13.2. The highest BCUT2D eigenvalue weighted by atomic mass is 35.5. The number of aromatic amines is 1. The lowest BCUT2D eigenvalue weighted by molar-refractivity contribution is 0.654. The second-order valence-electron chi connectivity index (χ2n) is 4.57. The summed E-state index contributed by atoms with van der Waals surface area (Å²) in [6, 6.07) is 1.87. The van der Waals surface area contributed by atoms with Crippen molar-refractivity contribution >= 4 is 23.4 Å². The number of rotatable bonds is 3. The number of thioether (sulfide) groups is 1. The van der Waals surface area contributed by atoms with E-state index in [1.807, 2.05) is 6.07 Å². The van der Waals surface area contributed by atoms with Gasteiger partial charge in [0.2, 0.25) is 5.16 Å². The van der Waals surface area contributed by atoms with E-state index in [4.69, 9.17) is 11.6 Å². The fourth-order valence-electron chi connectivity index (χ4n) is 2.34. The van der Waals surface area contributed by atoms with E-state index in [0.29, 0.717) is 5.25 Å². The van der Waals surface area contributed by atoms with Gasteiger partial charge in [0.05, 0.1) is 10.9 Å². The molecule has 2 aromatic heterocycles. The fraction of sp³-hybridized carbons (Fsp3) is 0.462. The van der Waals surface area contributed by atoms with Gasteiger partial charge in [-0.15, -0.1) is 5.10 Å². The van der Waals surface area contributed by atoms with Crippen LogP contribution >= 0.6 is 23.4 Å². The molecular weight excluding hydrogens is 280 g/mol. The molecule has 4 nitrogen and oxygen atoms in total. The maximum atomic E-state index is 6.25. The summed E-state index contributed by atoms with van der Waals surface area (Å²) in [5, 5.41) is 9.14. The van der Waals surface area contributed by atoms with E-state index in [1.54, 1.807) is 18.0 Å². The zero-order valence-corrected chi connectivity index (χ0v) is 12.3. The molecule has 6 heteroatoms. The zero-order valence-electron chi connectivity index (χ0n) is 10.7. The predicted molar refractivity (Wildman–Crippen MR) is 76.5 cm³/mol. The summed E-state index contributed by atoms with van der Waals surface area (Å²) < 4.78 is 0. The van der Waals surface area contributed by atoms with Crippen LogP contribution in [0.3, 0.4) is 0 Å². The van der Waals surface area contributed by atoms with Crippen molar-refractivity contribution in [2.75, 3.05) is 0 Å². The maximum absolute atomic E-state index is 6.25. The summed E-state index contributed by atoms with van der Waals surface area (Å²) in [6.07, 6.45) is 5.92. The standard InChI is InChI=1S/C13H15ClN4S/c1-2-11-16-13(18-17-11)19-10-5-3-4-8-9(14)6-7-15-12(8)10/h6-7,10H,2-5H2,1H3,(H,16,17,18). The molecule has 0 aliphatic heterocycles. The van der Waals surface area contributed by atoms with Crippen LogP contribution in [-0.4, -0.2) is 20.2 Å². The van der Waals surface area contributed by atoms with E-state index in [0.717, 1.165) is 47.4 Å². The number of nitrogens with zero attached hydrogens (tertiary/aromatic N) is 3. The Balaban J connectivity index is 1.85. The molecule has 3 rings (SSSR count). The first-order valence-electron chi connectivity index (χ1n) is 6.49. The molecule has 1 unspecified atom stereocenters. The van der Waals surface area contributed by atoms with Gasteiger partial charge in [0, 0.05) is 17.6 Å². The van der Waals surface area contributed by atoms with Crippen molar-refractivity contribution in [3.8, 4) is 0 Å². The molecule has 0 bridgehead atoms. The van der Waals surface area contributed by atoms with E-state index in [-0.39, 0.29) is 0 Å². The topological polar surface area (TPSA) is 54.5 Å². The van der Waals surface area contributed by atoms with Crippen LogP contribution in [0.25, 0.3) is 0 Å². The highest BCUT2D eigenvalue weighted by Crippen LogP contribution is 2.42. The molecule has 1 atom stereocenters. The van der Waals surface area contributed by atoms with Gasteiger partial charge in [-0.25, -0.2) is 4.98 Å². The molecule has 1 N–H and O–H groups in total. The van der Waals surface area contributed by atoms with E-state index in [2.05, 4.69) is 27.1 Å². The van der Waals surface area contributed by atoms with Crippen molar-refractivity contribution in [2.24, 2.45) is 0 Å². The van der Waals surface area contributed by atoms with Crippen molar-refractivity contribution in [1.29, 1.82) is 0 Å². The molecule has 0 saturated heterocycles. The molecule has 100 valence electrons. The molecule has 0 radical (unpaired) electrons. The minimum absolute atomic E-state index is 0.308. The van der Waals surface area contributed by atoms with Crippen LogP contribution in [0.15, 0.2) is 17.4 Å². The molecule has 2 aromatic rings. The second kappa shape index (κ2) is 5.51. The van der Waals surface area contributed by atoms with Gasteiger partial charge in [-0.2, -0.15) is 0 Å². The maximum Gasteiger partial charge on any atom is 0.209 e. The van der Waals surface area contributed by atoms with Gasteiger partial charge in [-0.1, -0.05) is 30.3 Å². The number of aryl methyl sites for hydroxylation is 1. The van der Waals surface area contributed by atoms with Crippen molar-refractivity contribution in [2.45, 2.75) is 43.0 Å². The average Bonchev–Trinajstić information content (AvgIpc) is 2.88. The monoisotopic (exact) mass is 294 g/mol. The highest BCUT2D eigenvalue weighted by molar-refractivity contribution is 7.99. The van der Waals surface area contributed by atoms with Gasteiger partial charge in [0.15, 0.2) is 0 Å². The Hall–Kier alpha value is -1.07. The summed E-state index contributed by atoms with van der Waals surface area (Å²) >= 11 is 7.93. The molecule has 0 saturated carbocycles. The minimum Gasteiger partial charge on any atom is -0.262 e. The lowest BCUT2D eigenvalue weighted by Crippen LogP contribution is -2.10. The van der Waals surface area contributed by atoms with Crippen LogP contribution in [0.2, 0.25) is 5.02 Å². The van der Waals surface area contributed by atoms with E-state index in [9.17, 15) is 0 Å². The summed E-state index contributed by atoms with van der Waals surface area (Å²) in [4.78, 5) is 8.97. The number of hydrogen-bond donors (Lipinski definition) is 1. The van der Waals surface area contributed by atoms with Crippen LogP contribution in [0.5, 0.6) is 0 Å². The molecule has 0 aromatic carbocycles. The largest absolute Gasteiger partial charge is 0.262 e. The first-order chi connectivity index (χ1) is 9.28. The third-order valence-corrected chi connectivity index (χ3v) is 4.81. The smallest absolute Gasteiger partial charge is 0.209 e. The Morgan fingerprint density at radius 2 is 2.42 bits per heavy atom. The van der Waals surface area contributed by atoms with Gasteiger partial charge in [-0.05, 0) is 30.9 Å². The normalized spacial score (nSPS) is 18.3. The summed E-state index contributed by atoms with van der Waals surface area (Å²) in [5.41, 5.74) is 2.30. The van der Waals surface area contributed by atoms with Crippen LogP contribution in [0.1, 0.15) is 42.1 Å². The number of halogens is 1. The lowest BCUT2D eigenvalue weighted by Gasteiger charge is -2.23. The molecule has 0 amide bonds. The quantitative estimate of drug-likeness (QED) is 0.940. The SMILES string of the molecule is CCc1nc(SC2CCCc3c(Cl)ccnc32)n[nH]1. The van der Waals surface area contributed by atoms with E-state index < -0.39 is 0 Å².